The number of hydrogen-bond donors (Lipinski definition) is 2. The van der Waals surface area contributed by atoms with Gasteiger partial charge in [0.15, 0.2) is 0 Å². The highest BCUT2D eigenvalue weighted by Gasteiger charge is 2.08. The van der Waals surface area contributed by atoms with Gasteiger partial charge in [0.25, 0.3) is 0 Å². The fraction of sp³-hybridized carbons (Fsp3) is 0.250. The molecule has 0 saturated heterocycles. The summed E-state index contributed by atoms with van der Waals surface area (Å²) in [6.45, 7) is 4.53. The Kier molecular flexibility index (Phi) is 6.05. The molecule has 0 fully saturated rings. The van der Waals surface area contributed by atoms with E-state index >= 15 is 0 Å². The molecule has 3 nitrogen and oxygen atoms in total. The minimum atomic E-state index is -0.177. The van der Waals surface area contributed by atoms with Crippen molar-refractivity contribution in [3.05, 3.63) is 40.9 Å². The number of benzene rings is 1. The van der Waals surface area contributed by atoms with Gasteiger partial charge < -0.3 is 10.6 Å². The molecule has 0 aliphatic heterocycles. The monoisotopic (exact) mass is 272 g/mol. The van der Waals surface area contributed by atoms with Crippen molar-refractivity contribution in [1.29, 1.82) is 0 Å². The Morgan fingerprint density at radius 2 is 2.00 bits per heavy atom. The summed E-state index contributed by atoms with van der Waals surface area (Å²) in [7, 11) is 0. The van der Waals surface area contributed by atoms with E-state index in [-0.39, 0.29) is 12.5 Å². The molecule has 0 radical (unpaired) electrons. The van der Waals surface area contributed by atoms with E-state index in [0.29, 0.717) is 22.3 Å². The fourth-order valence-electron chi connectivity index (χ4n) is 1.21. The first-order valence-corrected chi connectivity index (χ1v) is 5.96. The van der Waals surface area contributed by atoms with Gasteiger partial charge in [0.05, 0.1) is 22.3 Å². The van der Waals surface area contributed by atoms with Gasteiger partial charge in [-0.05, 0) is 25.1 Å². The van der Waals surface area contributed by atoms with E-state index < -0.39 is 0 Å². The van der Waals surface area contributed by atoms with Crippen molar-refractivity contribution in [3.63, 3.8) is 0 Å². The van der Waals surface area contributed by atoms with Gasteiger partial charge >= 0.3 is 0 Å². The summed E-state index contributed by atoms with van der Waals surface area (Å²) in [5.41, 5.74) is 0.450. The number of carbonyl (C=O) groups excluding carboxylic acids is 1. The van der Waals surface area contributed by atoms with E-state index in [1.54, 1.807) is 24.3 Å². The van der Waals surface area contributed by atoms with Crippen molar-refractivity contribution >= 4 is 34.8 Å². The molecule has 2 N–H and O–H groups in total. The number of carbonyl (C=O) groups is 1. The number of para-hydroxylation sites is 1. The molecule has 0 aliphatic rings. The SMILES string of the molecule is C=CCCNCC(=O)Nc1c(Cl)cccc1Cl. The molecule has 0 aliphatic carbocycles. The van der Waals surface area contributed by atoms with Gasteiger partial charge in [-0.15, -0.1) is 6.58 Å². The Labute approximate surface area is 111 Å². The highest BCUT2D eigenvalue weighted by atomic mass is 35.5. The summed E-state index contributed by atoms with van der Waals surface area (Å²) in [5.74, 6) is -0.177. The van der Waals surface area contributed by atoms with Crippen LogP contribution in [0.15, 0.2) is 30.9 Å². The largest absolute Gasteiger partial charge is 0.322 e. The second-order valence-corrected chi connectivity index (χ2v) is 4.21. The average Bonchev–Trinajstić information content (AvgIpc) is 2.30. The Bertz CT molecular complexity index is 387. The molecule has 1 aromatic rings. The summed E-state index contributed by atoms with van der Waals surface area (Å²) >= 11 is 11.8. The first kappa shape index (κ1) is 14.0. The van der Waals surface area contributed by atoms with Crippen LogP contribution in [0.1, 0.15) is 6.42 Å². The Morgan fingerprint density at radius 1 is 1.35 bits per heavy atom. The maximum Gasteiger partial charge on any atom is 0.238 e. The van der Waals surface area contributed by atoms with Crippen molar-refractivity contribution in [2.45, 2.75) is 6.42 Å². The zero-order valence-electron chi connectivity index (χ0n) is 9.30. The van der Waals surface area contributed by atoms with Crippen molar-refractivity contribution in [2.75, 3.05) is 18.4 Å². The third-order valence-corrected chi connectivity index (χ3v) is 2.67. The van der Waals surface area contributed by atoms with Crippen LogP contribution in [-0.4, -0.2) is 19.0 Å². The molecule has 0 aromatic heterocycles. The first-order valence-electron chi connectivity index (χ1n) is 5.20. The lowest BCUT2D eigenvalue weighted by molar-refractivity contribution is -0.115. The van der Waals surface area contributed by atoms with Gasteiger partial charge in [-0.2, -0.15) is 0 Å². The fourth-order valence-corrected chi connectivity index (χ4v) is 1.70. The molecule has 0 saturated carbocycles. The maximum atomic E-state index is 11.6. The highest BCUT2D eigenvalue weighted by molar-refractivity contribution is 6.39. The van der Waals surface area contributed by atoms with Gasteiger partial charge in [-0.1, -0.05) is 35.3 Å². The topological polar surface area (TPSA) is 41.1 Å². The van der Waals surface area contributed by atoms with Crippen molar-refractivity contribution < 1.29 is 4.79 Å². The normalized spacial score (nSPS) is 10.0. The van der Waals surface area contributed by atoms with E-state index in [2.05, 4.69) is 17.2 Å². The minimum Gasteiger partial charge on any atom is -0.322 e. The quantitative estimate of drug-likeness (QED) is 0.617. The summed E-state index contributed by atoms with van der Waals surface area (Å²) in [5, 5.41) is 6.50. The summed E-state index contributed by atoms with van der Waals surface area (Å²) in [4.78, 5) is 11.6. The number of anilines is 1. The van der Waals surface area contributed by atoms with Gasteiger partial charge in [-0.3, -0.25) is 4.79 Å². The van der Waals surface area contributed by atoms with E-state index in [9.17, 15) is 4.79 Å². The third kappa shape index (κ3) is 4.77. The van der Waals surface area contributed by atoms with Crippen LogP contribution in [0.5, 0.6) is 0 Å². The molecule has 5 heteroatoms. The van der Waals surface area contributed by atoms with Crippen LogP contribution in [-0.2, 0) is 4.79 Å². The second kappa shape index (κ2) is 7.33. The van der Waals surface area contributed by atoms with Gasteiger partial charge in [-0.25, -0.2) is 0 Å². The Balaban J connectivity index is 2.48. The van der Waals surface area contributed by atoms with Crippen LogP contribution < -0.4 is 10.6 Å². The molecular weight excluding hydrogens is 259 g/mol. The van der Waals surface area contributed by atoms with Gasteiger partial charge in [0, 0.05) is 0 Å². The molecule has 1 rings (SSSR count). The summed E-state index contributed by atoms with van der Waals surface area (Å²) in [6.07, 6.45) is 2.61. The molecule has 0 bridgehead atoms. The number of rotatable bonds is 6. The van der Waals surface area contributed by atoms with E-state index in [1.807, 2.05) is 0 Å². The number of amides is 1. The van der Waals surface area contributed by atoms with Crippen LogP contribution in [0.4, 0.5) is 5.69 Å². The lowest BCUT2D eigenvalue weighted by Crippen LogP contribution is -2.28. The maximum absolute atomic E-state index is 11.6. The van der Waals surface area contributed by atoms with Crippen LogP contribution >= 0.6 is 23.2 Å². The average molecular weight is 273 g/mol. The molecule has 1 aromatic carbocycles. The second-order valence-electron chi connectivity index (χ2n) is 3.40. The van der Waals surface area contributed by atoms with Crippen LogP contribution in [0.2, 0.25) is 10.0 Å². The third-order valence-electron chi connectivity index (χ3n) is 2.04. The van der Waals surface area contributed by atoms with Crippen molar-refractivity contribution in [2.24, 2.45) is 0 Å². The van der Waals surface area contributed by atoms with E-state index in [1.165, 1.54) is 0 Å². The molecule has 17 heavy (non-hydrogen) atoms. The van der Waals surface area contributed by atoms with Gasteiger partial charge in [0.2, 0.25) is 5.91 Å². The Morgan fingerprint density at radius 3 is 2.59 bits per heavy atom. The molecule has 0 spiro atoms. The van der Waals surface area contributed by atoms with Crippen LogP contribution in [0.25, 0.3) is 0 Å². The molecule has 92 valence electrons. The predicted octanol–water partition coefficient (Wildman–Crippen LogP) is 3.10. The molecule has 1 amide bonds. The molecule has 0 atom stereocenters. The van der Waals surface area contributed by atoms with Crippen LogP contribution in [0, 0.1) is 0 Å². The Hall–Kier alpha value is -1.03. The number of nitrogens with one attached hydrogen (secondary N) is 2. The highest BCUT2D eigenvalue weighted by Crippen LogP contribution is 2.29. The van der Waals surface area contributed by atoms with E-state index in [0.717, 1.165) is 6.42 Å². The van der Waals surface area contributed by atoms with Gasteiger partial charge in [0.1, 0.15) is 0 Å². The molecule has 0 unspecified atom stereocenters. The van der Waals surface area contributed by atoms with Crippen LogP contribution in [0.3, 0.4) is 0 Å². The van der Waals surface area contributed by atoms with E-state index in [4.69, 9.17) is 23.2 Å². The number of hydrogen-bond acceptors (Lipinski definition) is 2. The zero-order valence-corrected chi connectivity index (χ0v) is 10.8. The lowest BCUT2D eigenvalue weighted by Gasteiger charge is -2.09. The molecule has 0 heterocycles. The first-order chi connectivity index (χ1) is 8.15. The lowest BCUT2D eigenvalue weighted by atomic mass is 10.3. The summed E-state index contributed by atoms with van der Waals surface area (Å²) < 4.78 is 0. The molecular formula is C12H14Cl2N2O. The summed E-state index contributed by atoms with van der Waals surface area (Å²) in [6, 6.07) is 5.07. The number of halogens is 2. The standard InChI is InChI=1S/C12H14Cl2N2O/c1-2-3-7-15-8-11(17)16-12-9(13)5-4-6-10(12)14/h2,4-6,15H,1,3,7-8H2,(H,16,17). The predicted molar refractivity (Wildman–Crippen MR) is 72.8 cm³/mol. The minimum absolute atomic E-state index is 0.177. The van der Waals surface area contributed by atoms with Crippen molar-refractivity contribution in [3.8, 4) is 0 Å². The van der Waals surface area contributed by atoms with Crippen molar-refractivity contribution in [1.82, 2.24) is 5.32 Å². The smallest absolute Gasteiger partial charge is 0.238 e. The zero-order chi connectivity index (χ0) is 12.7.